The number of carbonyl (C=O) groups excluding carboxylic acids is 1. The minimum Gasteiger partial charge on any atom is -0.369 e. The van der Waals surface area contributed by atoms with E-state index in [1.807, 2.05) is 12.3 Å². The molecule has 6 nitrogen and oxygen atoms in total. The van der Waals surface area contributed by atoms with E-state index in [1.54, 1.807) is 12.4 Å². The van der Waals surface area contributed by atoms with Crippen molar-refractivity contribution in [2.45, 2.75) is 44.9 Å². The summed E-state index contributed by atoms with van der Waals surface area (Å²) < 4.78 is 0. The third-order valence-electron chi connectivity index (χ3n) is 5.60. The first-order valence-electron chi connectivity index (χ1n) is 10.1. The summed E-state index contributed by atoms with van der Waals surface area (Å²) >= 11 is 0. The maximum atomic E-state index is 12.6. The average Bonchev–Trinajstić information content (AvgIpc) is 2.74. The second-order valence-electron chi connectivity index (χ2n) is 7.53. The Balaban J connectivity index is 1.34. The van der Waals surface area contributed by atoms with Gasteiger partial charge in [-0.05, 0) is 51.0 Å². The first-order valence-corrected chi connectivity index (χ1v) is 10.1. The summed E-state index contributed by atoms with van der Waals surface area (Å²) in [7, 11) is 0. The van der Waals surface area contributed by atoms with Crippen LogP contribution in [0, 0.1) is 5.92 Å². The fraction of sp³-hybridized carbons (Fsp3) is 0.524. The zero-order chi connectivity index (χ0) is 18.5. The zero-order valence-corrected chi connectivity index (χ0v) is 15.7. The van der Waals surface area contributed by atoms with Gasteiger partial charge in [0.15, 0.2) is 5.65 Å². The van der Waals surface area contributed by atoms with E-state index in [0.717, 1.165) is 50.1 Å². The molecule has 2 aliphatic rings. The number of pyridine rings is 1. The molecule has 1 atom stereocenters. The number of allylic oxidation sites excluding steroid dienone is 1. The lowest BCUT2D eigenvalue weighted by Gasteiger charge is -2.33. The molecule has 0 spiro atoms. The summed E-state index contributed by atoms with van der Waals surface area (Å²) in [5.41, 5.74) is 3.98. The Kier molecular flexibility index (Phi) is 5.61. The van der Waals surface area contributed by atoms with Gasteiger partial charge in [-0.1, -0.05) is 11.6 Å². The van der Waals surface area contributed by atoms with Crippen molar-refractivity contribution in [2.75, 3.05) is 24.5 Å². The normalized spacial score (nSPS) is 20.4. The van der Waals surface area contributed by atoms with Gasteiger partial charge in [0, 0.05) is 32.0 Å². The lowest BCUT2D eigenvalue weighted by atomic mass is 9.95. The second-order valence-corrected chi connectivity index (χ2v) is 7.53. The molecule has 0 bridgehead atoms. The van der Waals surface area contributed by atoms with Gasteiger partial charge in [0.05, 0.1) is 17.8 Å². The van der Waals surface area contributed by atoms with Gasteiger partial charge >= 0.3 is 0 Å². The first kappa shape index (κ1) is 17.9. The minimum absolute atomic E-state index is 0.0386. The van der Waals surface area contributed by atoms with Crippen LogP contribution < -0.4 is 10.2 Å². The fourth-order valence-electron chi connectivity index (χ4n) is 4.07. The van der Waals surface area contributed by atoms with E-state index in [-0.39, 0.29) is 11.8 Å². The molecule has 6 heteroatoms. The van der Waals surface area contributed by atoms with Gasteiger partial charge in [0.25, 0.3) is 0 Å². The van der Waals surface area contributed by atoms with Crippen molar-refractivity contribution in [3.8, 4) is 0 Å². The van der Waals surface area contributed by atoms with Crippen molar-refractivity contribution in [3.63, 3.8) is 0 Å². The van der Waals surface area contributed by atoms with E-state index in [0.29, 0.717) is 5.65 Å². The third-order valence-corrected chi connectivity index (χ3v) is 5.60. The van der Waals surface area contributed by atoms with E-state index in [1.165, 1.54) is 31.3 Å². The van der Waals surface area contributed by atoms with Crippen LogP contribution in [0.15, 0.2) is 36.3 Å². The molecular weight excluding hydrogens is 338 g/mol. The number of carbonyl (C=O) groups is 1. The molecule has 1 unspecified atom stereocenters. The van der Waals surface area contributed by atoms with E-state index < -0.39 is 0 Å². The number of hydrogen-bond donors (Lipinski definition) is 1. The van der Waals surface area contributed by atoms with Crippen LogP contribution in [0.3, 0.4) is 0 Å². The Morgan fingerprint density at radius 3 is 3.00 bits per heavy atom. The monoisotopic (exact) mass is 365 g/mol. The zero-order valence-electron chi connectivity index (χ0n) is 15.7. The Morgan fingerprint density at radius 1 is 1.19 bits per heavy atom. The molecule has 1 amide bonds. The molecule has 0 radical (unpaired) electrons. The molecule has 1 aliphatic carbocycles. The van der Waals surface area contributed by atoms with Crippen LogP contribution in [0.5, 0.6) is 0 Å². The lowest BCUT2D eigenvalue weighted by Crippen LogP contribution is -2.43. The molecule has 1 N–H and O–H groups in total. The molecule has 27 heavy (non-hydrogen) atoms. The number of nitrogens with zero attached hydrogens (tertiary/aromatic N) is 4. The SMILES string of the molecule is O=C(NCCC1=CCCCC1)C1CCCN(c2cnc3nccnc3c2)C1. The van der Waals surface area contributed by atoms with Gasteiger partial charge in [-0.3, -0.25) is 9.78 Å². The molecule has 1 saturated heterocycles. The fourth-order valence-corrected chi connectivity index (χ4v) is 4.07. The smallest absolute Gasteiger partial charge is 0.224 e. The van der Waals surface area contributed by atoms with Crippen molar-refractivity contribution in [2.24, 2.45) is 5.92 Å². The van der Waals surface area contributed by atoms with Crippen LogP contribution in [0.25, 0.3) is 11.2 Å². The number of aromatic nitrogens is 3. The van der Waals surface area contributed by atoms with Crippen LogP contribution >= 0.6 is 0 Å². The van der Waals surface area contributed by atoms with Gasteiger partial charge < -0.3 is 10.2 Å². The molecule has 4 rings (SSSR count). The predicted octanol–water partition coefficient (Wildman–Crippen LogP) is 3.25. The van der Waals surface area contributed by atoms with Crippen molar-refractivity contribution in [3.05, 3.63) is 36.3 Å². The van der Waals surface area contributed by atoms with Crippen LogP contribution in [0.2, 0.25) is 0 Å². The standard InChI is InChI=1S/C21H27N5O/c27-21(24-9-8-16-5-2-1-3-6-16)17-7-4-12-26(15-17)18-13-19-20(25-14-18)23-11-10-22-19/h5,10-11,13-14,17H,1-4,6-9,12,15H2,(H,24,27). The van der Waals surface area contributed by atoms with E-state index in [4.69, 9.17) is 0 Å². The van der Waals surface area contributed by atoms with Gasteiger partial charge in [-0.25, -0.2) is 9.97 Å². The summed E-state index contributed by atoms with van der Waals surface area (Å²) in [6.07, 6.45) is 15.5. The van der Waals surface area contributed by atoms with Gasteiger partial charge in [0.1, 0.15) is 5.52 Å². The molecule has 1 aliphatic heterocycles. The molecule has 0 aromatic carbocycles. The van der Waals surface area contributed by atoms with Crippen LogP contribution in [-0.4, -0.2) is 40.5 Å². The Labute approximate surface area is 160 Å². The summed E-state index contributed by atoms with van der Waals surface area (Å²) in [6.45, 7) is 2.44. The molecule has 142 valence electrons. The number of piperidine rings is 1. The van der Waals surface area contributed by atoms with E-state index >= 15 is 0 Å². The number of nitrogens with one attached hydrogen (secondary N) is 1. The number of hydrogen-bond acceptors (Lipinski definition) is 5. The highest BCUT2D eigenvalue weighted by Crippen LogP contribution is 2.25. The summed E-state index contributed by atoms with van der Waals surface area (Å²) in [4.78, 5) is 27.8. The Bertz CT molecular complexity index is 834. The highest BCUT2D eigenvalue weighted by Gasteiger charge is 2.26. The first-order chi connectivity index (χ1) is 13.3. The lowest BCUT2D eigenvalue weighted by molar-refractivity contribution is -0.125. The predicted molar refractivity (Wildman–Crippen MR) is 106 cm³/mol. The average molecular weight is 365 g/mol. The van der Waals surface area contributed by atoms with Gasteiger partial charge in [-0.15, -0.1) is 0 Å². The summed E-state index contributed by atoms with van der Waals surface area (Å²) in [6, 6.07) is 2.02. The van der Waals surface area contributed by atoms with E-state index in [9.17, 15) is 4.79 Å². The highest BCUT2D eigenvalue weighted by molar-refractivity contribution is 5.80. The molecule has 3 heterocycles. The highest BCUT2D eigenvalue weighted by atomic mass is 16.1. The third kappa shape index (κ3) is 4.43. The number of amides is 1. The molecule has 2 aromatic heterocycles. The van der Waals surface area contributed by atoms with Crippen LogP contribution in [0.1, 0.15) is 44.9 Å². The minimum atomic E-state index is 0.0386. The maximum Gasteiger partial charge on any atom is 0.224 e. The summed E-state index contributed by atoms with van der Waals surface area (Å²) in [5, 5.41) is 3.16. The van der Waals surface area contributed by atoms with Crippen molar-refractivity contribution < 1.29 is 4.79 Å². The summed E-state index contributed by atoms with van der Waals surface area (Å²) in [5.74, 6) is 0.223. The molecular formula is C21H27N5O. The van der Waals surface area contributed by atoms with Crippen LogP contribution in [-0.2, 0) is 4.79 Å². The number of anilines is 1. The van der Waals surface area contributed by atoms with Gasteiger partial charge in [-0.2, -0.15) is 0 Å². The van der Waals surface area contributed by atoms with E-state index in [2.05, 4.69) is 31.2 Å². The van der Waals surface area contributed by atoms with Crippen molar-refractivity contribution in [1.82, 2.24) is 20.3 Å². The molecule has 1 fully saturated rings. The topological polar surface area (TPSA) is 71.0 Å². The quantitative estimate of drug-likeness (QED) is 0.824. The van der Waals surface area contributed by atoms with Crippen molar-refractivity contribution in [1.29, 1.82) is 0 Å². The second kappa shape index (κ2) is 8.46. The Morgan fingerprint density at radius 2 is 2.11 bits per heavy atom. The van der Waals surface area contributed by atoms with Gasteiger partial charge in [0.2, 0.25) is 5.91 Å². The maximum absolute atomic E-state index is 12.6. The van der Waals surface area contributed by atoms with Crippen molar-refractivity contribution >= 4 is 22.8 Å². The van der Waals surface area contributed by atoms with Crippen LogP contribution in [0.4, 0.5) is 5.69 Å². The number of fused-ring (bicyclic) bond motifs is 1. The largest absolute Gasteiger partial charge is 0.369 e. The number of rotatable bonds is 5. The Hall–Kier alpha value is -2.50. The molecule has 0 saturated carbocycles. The molecule has 2 aromatic rings.